The van der Waals surface area contributed by atoms with Crippen molar-refractivity contribution in [1.29, 1.82) is 0 Å². The van der Waals surface area contributed by atoms with Crippen molar-refractivity contribution >= 4 is 51.6 Å². The molecule has 5 heterocycles. The number of nitrogens with zero attached hydrogens (tertiary/aromatic N) is 5. The first-order valence-electron chi connectivity index (χ1n) is 11.7. The molecule has 0 aliphatic carbocycles. The van der Waals surface area contributed by atoms with Gasteiger partial charge in [0, 0.05) is 23.6 Å². The number of β-lactam (4-membered cyclic amide) rings is 1. The Hall–Kier alpha value is -4.59. The number of anilines is 2. The highest BCUT2D eigenvalue weighted by Crippen LogP contribution is 2.38. The molecular formula is C24H24N7O6S+. The first-order chi connectivity index (χ1) is 18.2. The van der Waals surface area contributed by atoms with Gasteiger partial charge in [-0.25, -0.2) is 14.3 Å². The highest BCUT2D eigenvalue weighted by molar-refractivity contribution is 7.13. The zero-order chi connectivity index (χ0) is 27.1. The number of pyridine rings is 1. The molecule has 0 unspecified atom stereocenters. The number of carboxylic acid groups (broad SMARTS) is 1. The van der Waals surface area contributed by atoms with E-state index in [1.54, 1.807) is 11.0 Å². The molecule has 0 saturated carbocycles. The molecule has 5 rings (SSSR count). The van der Waals surface area contributed by atoms with Gasteiger partial charge in [0.1, 0.15) is 30.2 Å². The van der Waals surface area contributed by atoms with E-state index in [2.05, 4.69) is 15.5 Å². The molecule has 38 heavy (non-hydrogen) atoms. The summed E-state index contributed by atoms with van der Waals surface area (Å²) < 4.78 is 1.84. The molecule has 3 aliphatic rings. The maximum absolute atomic E-state index is 13.1. The van der Waals surface area contributed by atoms with Gasteiger partial charge >= 0.3 is 5.97 Å². The molecule has 0 radical (unpaired) electrons. The van der Waals surface area contributed by atoms with Crippen LogP contribution in [0.4, 0.5) is 10.8 Å². The number of rotatable bonds is 6. The molecule has 3 aliphatic heterocycles. The summed E-state index contributed by atoms with van der Waals surface area (Å²) in [6.07, 6.45) is 6.37. The van der Waals surface area contributed by atoms with Crippen molar-refractivity contribution in [2.24, 2.45) is 12.2 Å². The van der Waals surface area contributed by atoms with Crippen LogP contribution in [0.15, 0.2) is 58.0 Å². The Balaban J connectivity index is 1.35. The number of hydrogen-bond donors (Lipinski definition) is 4. The third kappa shape index (κ3) is 4.28. The molecule has 5 N–H and O–H groups in total. The second-order valence-corrected chi connectivity index (χ2v) is 9.96. The number of oxime groups is 1. The molecule has 2 saturated heterocycles. The minimum Gasteiger partial charge on any atom is -0.477 e. The SMILES string of the molecule is C[n+]1cccc(N2CCC(=CC3=C(C(=O)O)N4C(=O)[C@@H](NC(=O)/C(=N\O)c5csc(N)n5)[C@H]4CC3)C2=O)c1. The lowest BCUT2D eigenvalue weighted by atomic mass is 9.82. The number of carbonyl (C=O) groups is 4. The van der Waals surface area contributed by atoms with Crippen molar-refractivity contribution in [2.45, 2.75) is 31.3 Å². The molecule has 2 aromatic heterocycles. The minimum absolute atomic E-state index is 0.0549. The second kappa shape index (κ2) is 9.70. The van der Waals surface area contributed by atoms with Crippen molar-refractivity contribution < 1.29 is 34.1 Å². The average molecular weight is 539 g/mol. The van der Waals surface area contributed by atoms with Crippen LogP contribution >= 0.6 is 11.3 Å². The molecule has 0 spiro atoms. The summed E-state index contributed by atoms with van der Waals surface area (Å²) >= 11 is 1.05. The molecule has 0 aromatic carbocycles. The lowest BCUT2D eigenvalue weighted by molar-refractivity contribution is -0.670. The van der Waals surface area contributed by atoms with E-state index in [4.69, 9.17) is 5.73 Å². The van der Waals surface area contributed by atoms with Gasteiger partial charge in [-0.1, -0.05) is 5.16 Å². The van der Waals surface area contributed by atoms with E-state index in [1.165, 1.54) is 5.38 Å². The fraction of sp³-hybridized carbons (Fsp3) is 0.292. The summed E-state index contributed by atoms with van der Waals surface area (Å²) in [6, 6.07) is 2.07. The number of allylic oxidation sites excluding steroid dienone is 2. The summed E-state index contributed by atoms with van der Waals surface area (Å²) in [7, 11) is 1.86. The van der Waals surface area contributed by atoms with E-state index >= 15 is 0 Å². The maximum atomic E-state index is 13.1. The van der Waals surface area contributed by atoms with Crippen LogP contribution in [0.25, 0.3) is 0 Å². The van der Waals surface area contributed by atoms with Crippen LogP contribution in [-0.4, -0.2) is 68.2 Å². The van der Waals surface area contributed by atoms with Gasteiger partial charge < -0.3 is 26.3 Å². The quantitative estimate of drug-likeness (QED) is 0.0983. The molecule has 196 valence electrons. The summed E-state index contributed by atoms with van der Waals surface area (Å²) in [6.45, 7) is 0.461. The minimum atomic E-state index is -1.30. The van der Waals surface area contributed by atoms with E-state index in [0.29, 0.717) is 37.0 Å². The number of nitrogen functional groups attached to an aromatic ring is 1. The number of aliphatic carboxylic acids is 1. The molecule has 2 aromatic rings. The van der Waals surface area contributed by atoms with E-state index < -0.39 is 35.6 Å². The van der Waals surface area contributed by atoms with E-state index in [0.717, 1.165) is 21.9 Å². The van der Waals surface area contributed by atoms with Crippen LogP contribution in [0.2, 0.25) is 0 Å². The Labute approximate surface area is 220 Å². The van der Waals surface area contributed by atoms with E-state index in [9.17, 15) is 29.5 Å². The Bertz CT molecular complexity index is 1460. The van der Waals surface area contributed by atoms with Crippen molar-refractivity contribution in [3.63, 3.8) is 0 Å². The van der Waals surface area contributed by atoms with Crippen molar-refractivity contribution in [2.75, 3.05) is 17.2 Å². The Morgan fingerprint density at radius 2 is 2.13 bits per heavy atom. The number of aromatic nitrogens is 2. The molecule has 14 heteroatoms. The van der Waals surface area contributed by atoms with E-state index in [1.807, 2.05) is 36.1 Å². The monoisotopic (exact) mass is 538 g/mol. The van der Waals surface area contributed by atoms with Gasteiger partial charge in [-0.2, -0.15) is 0 Å². The second-order valence-electron chi connectivity index (χ2n) is 9.07. The van der Waals surface area contributed by atoms with Crippen molar-refractivity contribution in [1.82, 2.24) is 15.2 Å². The van der Waals surface area contributed by atoms with Crippen molar-refractivity contribution in [3.8, 4) is 0 Å². The standard InChI is InChI=1S/C24H23N7O6S/c1-29-7-2-3-14(10-29)30-8-6-13(21(30)33)9-12-4-5-16-18(22(34)31(16)19(12)23(35)36)27-20(32)17(28-37)15-11-38-24(25)26-15/h2-3,7,9-11,16,18H,4-6,8H2,1H3,(H4-,25,26,27,32,35,36,37)/p+1/t16-,18+/m1/s1. The molecular weight excluding hydrogens is 514 g/mol. The number of carboxylic acids is 1. The Kier molecular flexibility index (Phi) is 6.40. The van der Waals surface area contributed by atoms with Crippen LogP contribution in [0, 0.1) is 0 Å². The summed E-state index contributed by atoms with van der Waals surface area (Å²) in [5, 5.41) is 26.4. The number of fused-ring (bicyclic) bond motifs is 1. The van der Waals surface area contributed by atoms with Gasteiger partial charge in [0.15, 0.2) is 23.2 Å². The molecule has 3 amide bonds. The normalized spacial score (nSPS) is 22.6. The highest BCUT2D eigenvalue weighted by atomic mass is 32.1. The predicted octanol–water partition coefficient (Wildman–Crippen LogP) is -0.0805. The summed E-state index contributed by atoms with van der Waals surface area (Å²) in [5.41, 5.74) is 6.60. The van der Waals surface area contributed by atoms with Crippen molar-refractivity contribution in [3.05, 3.63) is 58.5 Å². The topological polar surface area (TPSA) is 182 Å². The van der Waals surface area contributed by atoms with Gasteiger partial charge in [-0.05, 0) is 37.0 Å². The fourth-order valence-electron chi connectivity index (χ4n) is 4.99. The number of carbonyl (C=O) groups excluding carboxylic acids is 3. The average Bonchev–Trinajstić information content (AvgIpc) is 3.47. The maximum Gasteiger partial charge on any atom is 0.352 e. The number of nitrogens with one attached hydrogen (secondary N) is 1. The zero-order valence-electron chi connectivity index (χ0n) is 20.2. The molecule has 2 atom stereocenters. The lowest BCUT2D eigenvalue weighted by Gasteiger charge is -2.50. The molecule has 2 fully saturated rings. The van der Waals surface area contributed by atoms with Crippen LogP contribution in [0.3, 0.4) is 0 Å². The number of amides is 3. The smallest absolute Gasteiger partial charge is 0.352 e. The molecule has 0 bridgehead atoms. The number of nitrogens with two attached hydrogens (primary N) is 1. The van der Waals surface area contributed by atoms with Gasteiger partial charge in [0.25, 0.3) is 17.7 Å². The summed E-state index contributed by atoms with van der Waals surface area (Å²) in [5.74, 6) is -2.96. The van der Waals surface area contributed by atoms with Gasteiger partial charge in [0.2, 0.25) is 0 Å². The van der Waals surface area contributed by atoms with Gasteiger partial charge in [-0.3, -0.25) is 19.3 Å². The Morgan fingerprint density at radius 1 is 1.34 bits per heavy atom. The Morgan fingerprint density at radius 3 is 2.79 bits per heavy atom. The largest absolute Gasteiger partial charge is 0.477 e. The number of hydrogen-bond acceptors (Lipinski definition) is 9. The third-order valence-corrected chi connectivity index (χ3v) is 7.43. The van der Waals surface area contributed by atoms with Gasteiger partial charge in [0.05, 0.1) is 6.04 Å². The fourth-order valence-corrected chi connectivity index (χ4v) is 5.54. The zero-order valence-corrected chi connectivity index (χ0v) is 21.0. The highest BCUT2D eigenvalue weighted by Gasteiger charge is 2.53. The summed E-state index contributed by atoms with van der Waals surface area (Å²) in [4.78, 5) is 57.7. The predicted molar refractivity (Wildman–Crippen MR) is 134 cm³/mol. The number of aryl methyl sites for hydroxylation is 1. The van der Waals surface area contributed by atoms with Crippen LogP contribution in [0.1, 0.15) is 25.0 Å². The lowest BCUT2D eigenvalue weighted by Crippen LogP contribution is -2.72. The number of thiazole rings is 1. The third-order valence-electron chi connectivity index (χ3n) is 6.75. The van der Waals surface area contributed by atoms with Crippen LogP contribution in [0.5, 0.6) is 0 Å². The van der Waals surface area contributed by atoms with Crippen LogP contribution in [-0.2, 0) is 26.2 Å². The first kappa shape index (κ1) is 25.1. The molecule has 13 nitrogen and oxygen atoms in total. The first-order valence-corrected chi connectivity index (χ1v) is 12.6. The van der Waals surface area contributed by atoms with Gasteiger partial charge in [-0.15, -0.1) is 11.3 Å². The van der Waals surface area contributed by atoms with E-state index in [-0.39, 0.29) is 22.4 Å². The van der Waals surface area contributed by atoms with Crippen LogP contribution < -0.4 is 20.5 Å².